The molecule has 2 bridgehead atoms. The molecule has 0 radical (unpaired) electrons. The van der Waals surface area contributed by atoms with Gasteiger partial charge in [0, 0.05) is 25.7 Å². The van der Waals surface area contributed by atoms with E-state index >= 15 is 0 Å². The van der Waals surface area contributed by atoms with Gasteiger partial charge in [-0.2, -0.15) is 0 Å². The highest BCUT2D eigenvalue weighted by Gasteiger charge is 2.47. The molecule has 1 aromatic carbocycles. The van der Waals surface area contributed by atoms with Crippen LogP contribution in [0.2, 0.25) is 0 Å². The van der Waals surface area contributed by atoms with E-state index in [0.717, 1.165) is 31.8 Å². The summed E-state index contributed by atoms with van der Waals surface area (Å²) in [6.07, 6.45) is 5.60. The molecule has 1 aromatic rings. The van der Waals surface area contributed by atoms with Crippen molar-refractivity contribution in [3.05, 3.63) is 35.6 Å². The van der Waals surface area contributed by atoms with E-state index in [9.17, 15) is 4.39 Å². The Kier molecular flexibility index (Phi) is 4.65. The van der Waals surface area contributed by atoms with Crippen LogP contribution in [0.25, 0.3) is 0 Å². The molecule has 23 heavy (non-hydrogen) atoms. The van der Waals surface area contributed by atoms with Gasteiger partial charge in [-0.05, 0) is 62.4 Å². The quantitative estimate of drug-likeness (QED) is 0.802. The number of fused-ring (bicyclic) bond motifs is 2. The highest BCUT2D eigenvalue weighted by atomic mass is 19.1. The first kappa shape index (κ1) is 15.6. The van der Waals surface area contributed by atoms with Crippen LogP contribution in [-0.2, 0) is 11.3 Å². The normalized spacial score (nSPS) is 31.3. The Morgan fingerprint density at radius 3 is 2.87 bits per heavy atom. The Morgan fingerprint density at radius 1 is 1.17 bits per heavy atom. The molecule has 2 aliphatic heterocycles. The maximum atomic E-state index is 13.4. The van der Waals surface area contributed by atoms with Crippen molar-refractivity contribution >= 4 is 0 Å². The van der Waals surface area contributed by atoms with Gasteiger partial charge < -0.3 is 9.64 Å². The molecule has 0 unspecified atom stereocenters. The number of likely N-dealkylation sites (tertiary alicyclic amines) is 2. The molecular weight excluding hydrogens is 291 g/mol. The van der Waals surface area contributed by atoms with Crippen molar-refractivity contribution in [3.8, 4) is 0 Å². The lowest BCUT2D eigenvalue weighted by Gasteiger charge is -2.27. The third kappa shape index (κ3) is 3.44. The average molecular weight is 318 g/mol. The van der Waals surface area contributed by atoms with Gasteiger partial charge in [0.2, 0.25) is 0 Å². The van der Waals surface area contributed by atoms with E-state index in [2.05, 4.69) is 9.80 Å². The van der Waals surface area contributed by atoms with E-state index in [0.29, 0.717) is 18.1 Å². The van der Waals surface area contributed by atoms with Gasteiger partial charge in [-0.1, -0.05) is 12.1 Å². The summed E-state index contributed by atoms with van der Waals surface area (Å²) in [6, 6.07) is 7.54. The Labute approximate surface area is 138 Å². The summed E-state index contributed by atoms with van der Waals surface area (Å²) < 4.78 is 19.7. The summed E-state index contributed by atoms with van der Waals surface area (Å²) in [6.45, 7) is 6.39. The molecule has 126 valence electrons. The minimum Gasteiger partial charge on any atom is -0.375 e. The summed E-state index contributed by atoms with van der Waals surface area (Å²) in [5.41, 5.74) is 1.08. The lowest BCUT2D eigenvalue weighted by atomic mass is 10.1. The van der Waals surface area contributed by atoms with E-state index < -0.39 is 0 Å². The van der Waals surface area contributed by atoms with Crippen LogP contribution >= 0.6 is 0 Å². The number of benzene rings is 1. The van der Waals surface area contributed by atoms with Gasteiger partial charge in [0.25, 0.3) is 0 Å². The molecule has 4 heteroatoms. The van der Waals surface area contributed by atoms with Crippen LogP contribution in [0.15, 0.2) is 24.3 Å². The molecule has 3 nitrogen and oxygen atoms in total. The van der Waals surface area contributed by atoms with Crippen molar-refractivity contribution < 1.29 is 9.13 Å². The second-order valence-corrected chi connectivity index (χ2v) is 7.35. The van der Waals surface area contributed by atoms with Crippen LogP contribution in [0, 0.1) is 11.7 Å². The van der Waals surface area contributed by atoms with E-state index in [4.69, 9.17) is 4.74 Å². The van der Waals surface area contributed by atoms with Gasteiger partial charge in [0.15, 0.2) is 0 Å². The number of ether oxygens (including phenoxy) is 1. The van der Waals surface area contributed by atoms with Crippen LogP contribution in [0.4, 0.5) is 4.39 Å². The minimum atomic E-state index is -0.134. The van der Waals surface area contributed by atoms with Gasteiger partial charge in [0.05, 0.1) is 12.7 Å². The first-order valence-corrected chi connectivity index (χ1v) is 9.12. The molecule has 2 heterocycles. The Hall–Kier alpha value is -0.970. The summed E-state index contributed by atoms with van der Waals surface area (Å²) in [7, 11) is 0. The SMILES string of the molecule is Fc1cccc(CN2C[C@H]3CC[C@H]2[C@@H]3OCCN2CCCC2)c1. The maximum absolute atomic E-state index is 13.4. The largest absolute Gasteiger partial charge is 0.375 e. The molecule has 3 fully saturated rings. The minimum absolute atomic E-state index is 0.134. The molecule has 0 amide bonds. The fourth-order valence-electron chi connectivity index (χ4n) is 4.67. The van der Waals surface area contributed by atoms with Gasteiger partial charge in [-0.25, -0.2) is 4.39 Å². The smallest absolute Gasteiger partial charge is 0.123 e. The number of hydrogen-bond donors (Lipinski definition) is 0. The van der Waals surface area contributed by atoms with Crippen molar-refractivity contribution in [1.82, 2.24) is 9.80 Å². The molecule has 4 rings (SSSR count). The maximum Gasteiger partial charge on any atom is 0.123 e. The molecule has 0 spiro atoms. The van der Waals surface area contributed by atoms with Gasteiger partial charge >= 0.3 is 0 Å². The molecule has 1 saturated carbocycles. The van der Waals surface area contributed by atoms with Crippen LogP contribution in [0.3, 0.4) is 0 Å². The lowest BCUT2D eigenvalue weighted by molar-refractivity contribution is 0.0174. The Bertz CT molecular complexity index is 532. The van der Waals surface area contributed by atoms with Gasteiger partial charge in [-0.3, -0.25) is 4.90 Å². The summed E-state index contributed by atoms with van der Waals surface area (Å²) >= 11 is 0. The topological polar surface area (TPSA) is 15.7 Å². The highest BCUT2D eigenvalue weighted by Crippen LogP contribution is 2.40. The van der Waals surface area contributed by atoms with Crippen molar-refractivity contribution in [1.29, 1.82) is 0 Å². The number of halogens is 1. The second-order valence-electron chi connectivity index (χ2n) is 7.35. The standard InChI is InChI=1S/C19H27FN2O/c20-17-5-3-4-15(12-17)13-22-14-16-6-7-18(22)19(16)23-11-10-21-8-1-2-9-21/h3-5,12,16,18-19H,1-2,6-11,13-14H2/t16-,18+,19-/m1/s1. The van der Waals surface area contributed by atoms with Crippen LogP contribution in [-0.4, -0.2) is 54.7 Å². The van der Waals surface area contributed by atoms with E-state index in [1.54, 1.807) is 6.07 Å². The third-order valence-electron chi connectivity index (χ3n) is 5.81. The Morgan fingerprint density at radius 2 is 2.04 bits per heavy atom. The lowest BCUT2D eigenvalue weighted by Crippen LogP contribution is -2.35. The van der Waals surface area contributed by atoms with Crippen LogP contribution in [0.5, 0.6) is 0 Å². The van der Waals surface area contributed by atoms with E-state index in [1.165, 1.54) is 44.8 Å². The molecule has 0 aromatic heterocycles. The molecule has 3 atom stereocenters. The molecule has 3 aliphatic rings. The zero-order valence-corrected chi connectivity index (χ0v) is 13.8. The predicted molar refractivity (Wildman–Crippen MR) is 88.7 cm³/mol. The molecule has 2 saturated heterocycles. The van der Waals surface area contributed by atoms with Crippen molar-refractivity contribution in [3.63, 3.8) is 0 Å². The van der Waals surface area contributed by atoms with Crippen LogP contribution < -0.4 is 0 Å². The fraction of sp³-hybridized carbons (Fsp3) is 0.684. The third-order valence-corrected chi connectivity index (χ3v) is 5.81. The first-order chi connectivity index (χ1) is 11.3. The highest BCUT2D eigenvalue weighted by molar-refractivity contribution is 5.17. The number of nitrogens with zero attached hydrogens (tertiary/aromatic N) is 2. The predicted octanol–water partition coefficient (Wildman–Crippen LogP) is 2.90. The molecule has 0 N–H and O–H groups in total. The summed E-state index contributed by atoms with van der Waals surface area (Å²) in [4.78, 5) is 5.02. The van der Waals surface area contributed by atoms with Crippen molar-refractivity contribution in [2.45, 2.75) is 44.4 Å². The average Bonchev–Trinajstić information content (AvgIpc) is 3.24. The Balaban J connectivity index is 1.30. The van der Waals surface area contributed by atoms with Gasteiger partial charge in [-0.15, -0.1) is 0 Å². The monoisotopic (exact) mass is 318 g/mol. The van der Waals surface area contributed by atoms with E-state index in [1.807, 2.05) is 12.1 Å². The molecular formula is C19H27FN2O. The second kappa shape index (κ2) is 6.88. The zero-order chi connectivity index (χ0) is 15.6. The number of hydrogen-bond acceptors (Lipinski definition) is 3. The van der Waals surface area contributed by atoms with E-state index in [-0.39, 0.29) is 5.82 Å². The summed E-state index contributed by atoms with van der Waals surface area (Å²) in [5.74, 6) is 0.539. The fourth-order valence-corrected chi connectivity index (χ4v) is 4.67. The zero-order valence-electron chi connectivity index (χ0n) is 13.8. The van der Waals surface area contributed by atoms with Crippen LogP contribution in [0.1, 0.15) is 31.2 Å². The molecule has 1 aliphatic carbocycles. The van der Waals surface area contributed by atoms with Crippen molar-refractivity contribution in [2.24, 2.45) is 5.92 Å². The van der Waals surface area contributed by atoms with Gasteiger partial charge in [0.1, 0.15) is 5.82 Å². The summed E-state index contributed by atoms with van der Waals surface area (Å²) in [5, 5.41) is 0. The number of rotatable bonds is 6. The van der Waals surface area contributed by atoms with Crippen molar-refractivity contribution in [2.75, 3.05) is 32.8 Å². The first-order valence-electron chi connectivity index (χ1n) is 9.12. The number of piperidine rings is 1.